The van der Waals surface area contributed by atoms with Crippen molar-refractivity contribution in [3.63, 3.8) is 0 Å². The highest BCUT2D eigenvalue weighted by Crippen LogP contribution is 2.33. The number of fused-ring (bicyclic) bond motifs is 1. The lowest BCUT2D eigenvalue weighted by atomic mass is 9.93. The summed E-state index contributed by atoms with van der Waals surface area (Å²) in [5.74, 6) is 0.408. The summed E-state index contributed by atoms with van der Waals surface area (Å²) in [5.41, 5.74) is 1.48. The second kappa shape index (κ2) is 5.95. The largest absolute Gasteiger partial charge is 0.298 e. The lowest BCUT2D eigenvalue weighted by Gasteiger charge is -2.15. The maximum Gasteiger partial charge on any atom is 0.259 e. The van der Waals surface area contributed by atoms with E-state index >= 15 is 0 Å². The van der Waals surface area contributed by atoms with Crippen LogP contribution in [0.2, 0.25) is 10.0 Å². The third kappa shape index (κ3) is 3.07. The maximum atomic E-state index is 12.3. The zero-order chi connectivity index (χ0) is 15.0. The van der Waals surface area contributed by atoms with Crippen molar-refractivity contribution >= 4 is 45.6 Å². The summed E-state index contributed by atoms with van der Waals surface area (Å²) in [6, 6.07) is 5.01. The number of nitrogens with one attached hydrogen (secondary N) is 1. The molecule has 0 unspecified atom stereocenters. The average molecular weight is 341 g/mol. The van der Waals surface area contributed by atoms with Gasteiger partial charge in [-0.25, -0.2) is 4.98 Å². The Balaban J connectivity index is 1.81. The molecule has 0 fully saturated rings. The van der Waals surface area contributed by atoms with E-state index in [4.69, 9.17) is 23.2 Å². The monoisotopic (exact) mass is 340 g/mol. The average Bonchev–Trinajstić information content (AvgIpc) is 2.83. The van der Waals surface area contributed by atoms with Crippen molar-refractivity contribution in [2.24, 2.45) is 5.92 Å². The summed E-state index contributed by atoms with van der Waals surface area (Å²) >= 11 is 13.6. The van der Waals surface area contributed by atoms with Crippen molar-refractivity contribution in [3.8, 4) is 0 Å². The number of carbonyl (C=O) groups is 1. The fourth-order valence-electron chi connectivity index (χ4n) is 2.44. The highest BCUT2D eigenvalue weighted by atomic mass is 35.5. The molecule has 0 saturated carbocycles. The quantitative estimate of drug-likeness (QED) is 0.850. The van der Waals surface area contributed by atoms with E-state index in [-0.39, 0.29) is 10.9 Å². The molecule has 0 radical (unpaired) electrons. The maximum absolute atomic E-state index is 12.3. The van der Waals surface area contributed by atoms with Crippen LogP contribution in [-0.4, -0.2) is 10.9 Å². The number of aryl methyl sites for hydroxylation is 1. The Bertz CT molecular complexity index is 699. The van der Waals surface area contributed by atoms with E-state index in [1.807, 2.05) is 0 Å². The third-order valence-electron chi connectivity index (χ3n) is 3.60. The molecule has 6 heteroatoms. The standard InChI is InChI=1S/C15H14Cl2N2OS/c1-8-5-6-11-12(7-8)21-15(18-11)19-14(20)9-3-2-4-10(16)13(9)17/h2-4,8H,5-7H2,1H3,(H,18,19,20)/t8-/m1/s1. The van der Waals surface area contributed by atoms with Crippen LogP contribution < -0.4 is 5.32 Å². The molecular formula is C15H14Cl2N2OS. The van der Waals surface area contributed by atoms with E-state index < -0.39 is 0 Å². The summed E-state index contributed by atoms with van der Waals surface area (Å²) in [6.45, 7) is 2.24. The van der Waals surface area contributed by atoms with Gasteiger partial charge in [-0.3, -0.25) is 10.1 Å². The molecule has 1 amide bonds. The molecule has 2 aromatic rings. The Kier molecular flexibility index (Phi) is 4.20. The molecule has 1 aliphatic rings. The van der Waals surface area contributed by atoms with E-state index in [1.165, 1.54) is 4.88 Å². The fraction of sp³-hybridized carbons (Fsp3) is 0.333. The molecule has 0 bridgehead atoms. The van der Waals surface area contributed by atoms with Crippen molar-refractivity contribution in [1.29, 1.82) is 0 Å². The van der Waals surface area contributed by atoms with Gasteiger partial charge in [0.05, 0.1) is 21.3 Å². The Hall–Kier alpha value is -1.10. The van der Waals surface area contributed by atoms with Crippen molar-refractivity contribution < 1.29 is 4.79 Å². The van der Waals surface area contributed by atoms with Crippen LogP contribution in [0.3, 0.4) is 0 Å². The van der Waals surface area contributed by atoms with Gasteiger partial charge in [0.15, 0.2) is 5.13 Å². The number of hydrogen-bond donors (Lipinski definition) is 1. The van der Waals surface area contributed by atoms with Crippen LogP contribution in [-0.2, 0) is 12.8 Å². The van der Waals surface area contributed by atoms with Gasteiger partial charge in [-0.15, -0.1) is 11.3 Å². The van der Waals surface area contributed by atoms with E-state index in [2.05, 4.69) is 17.2 Å². The summed E-state index contributed by atoms with van der Waals surface area (Å²) in [4.78, 5) is 18.1. The zero-order valence-electron chi connectivity index (χ0n) is 11.5. The minimum absolute atomic E-state index is 0.270. The molecule has 0 saturated heterocycles. The van der Waals surface area contributed by atoms with Crippen LogP contribution in [0, 0.1) is 5.92 Å². The first-order valence-corrected chi connectivity index (χ1v) is 8.35. The SMILES string of the molecule is C[C@@H]1CCc2nc(NC(=O)c3cccc(Cl)c3Cl)sc2C1. The lowest BCUT2D eigenvalue weighted by Crippen LogP contribution is -2.12. The second-order valence-corrected chi connectivity index (χ2v) is 7.16. The van der Waals surface area contributed by atoms with Gasteiger partial charge in [-0.2, -0.15) is 0 Å². The van der Waals surface area contributed by atoms with E-state index in [0.717, 1.165) is 25.0 Å². The first kappa shape index (κ1) is 14.8. The number of benzene rings is 1. The van der Waals surface area contributed by atoms with Gasteiger partial charge < -0.3 is 0 Å². The molecule has 1 aromatic carbocycles. The highest BCUT2D eigenvalue weighted by Gasteiger charge is 2.21. The van der Waals surface area contributed by atoms with Crippen molar-refractivity contribution in [2.75, 3.05) is 5.32 Å². The number of amides is 1. The van der Waals surface area contributed by atoms with Crippen LogP contribution in [0.4, 0.5) is 5.13 Å². The fourth-order valence-corrected chi connectivity index (χ4v) is 3.99. The Morgan fingerprint density at radius 2 is 2.24 bits per heavy atom. The summed E-state index contributed by atoms with van der Waals surface area (Å²) in [6.07, 6.45) is 3.19. The number of nitrogens with zero attached hydrogens (tertiary/aromatic N) is 1. The van der Waals surface area contributed by atoms with Crippen LogP contribution in [0.15, 0.2) is 18.2 Å². The van der Waals surface area contributed by atoms with Crippen LogP contribution in [0.5, 0.6) is 0 Å². The molecule has 1 aromatic heterocycles. The molecule has 1 aliphatic carbocycles. The van der Waals surface area contributed by atoms with Gasteiger partial charge in [0, 0.05) is 4.88 Å². The van der Waals surface area contributed by atoms with Crippen molar-refractivity contribution in [1.82, 2.24) is 4.98 Å². The summed E-state index contributed by atoms with van der Waals surface area (Å²) < 4.78 is 0. The number of hydrogen-bond acceptors (Lipinski definition) is 3. The van der Waals surface area contributed by atoms with Gasteiger partial charge in [0.2, 0.25) is 0 Å². The number of halogens is 2. The first-order chi connectivity index (χ1) is 10.0. The van der Waals surface area contributed by atoms with Crippen molar-refractivity contribution in [2.45, 2.75) is 26.2 Å². The number of rotatable bonds is 2. The van der Waals surface area contributed by atoms with Crippen LogP contribution in [0.1, 0.15) is 34.3 Å². The van der Waals surface area contributed by atoms with Crippen LogP contribution in [0.25, 0.3) is 0 Å². The molecule has 3 rings (SSSR count). The first-order valence-electron chi connectivity index (χ1n) is 6.78. The second-order valence-electron chi connectivity index (χ2n) is 5.29. The highest BCUT2D eigenvalue weighted by molar-refractivity contribution is 7.15. The summed E-state index contributed by atoms with van der Waals surface area (Å²) in [7, 11) is 0. The Morgan fingerprint density at radius 3 is 3.05 bits per heavy atom. The Morgan fingerprint density at radius 1 is 1.43 bits per heavy atom. The van der Waals surface area contributed by atoms with Gasteiger partial charge >= 0.3 is 0 Å². The predicted octanol–water partition coefficient (Wildman–Crippen LogP) is 4.83. The number of anilines is 1. The molecule has 3 nitrogen and oxygen atoms in total. The number of carbonyl (C=O) groups excluding carboxylic acids is 1. The smallest absolute Gasteiger partial charge is 0.259 e. The van der Waals surface area contributed by atoms with Gasteiger partial charge in [0.25, 0.3) is 5.91 Å². The molecule has 21 heavy (non-hydrogen) atoms. The van der Waals surface area contributed by atoms with E-state index in [1.54, 1.807) is 29.5 Å². The van der Waals surface area contributed by atoms with E-state index in [9.17, 15) is 4.79 Å². The van der Waals surface area contributed by atoms with Crippen LogP contribution >= 0.6 is 34.5 Å². The number of thiazole rings is 1. The number of aromatic nitrogens is 1. The lowest BCUT2D eigenvalue weighted by molar-refractivity contribution is 0.102. The molecule has 1 heterocycles. The van der Waals surface area contributed by atoms with Gasteiger partial charge in [-0.1, -0.05) is 36.2 Å². The van der Waals surface area contributed by atoms with E-state index in [0.29, 0.717) is 21.6 Å². The molecule has 1 atom stereocenters. The summed E-state index contributed by atoms with van der Waals surface area (Å²) in [5, 5.41) is 4.10. The Labute approximate surface area is 137 Å². The predicted molar refractivity (Wildman–Crippen MR) is 87.7 cm³/mol. The third-order valence-corrected chi connectivity index (χ3v) is 5.46. The minimum atomic E-state index is -0.276. The van der Waals surface area contributed by atoms with Crippen molar-refractivity contribution in [3.05, 3.63) is 44.4 Å². The minimum Gasteiger partial charge on any atom is -0.298 e. The molecule has 0 spiro atoms. The van der Waals surface area contributed by atoms with Gasteiger partial charge in [0.1, 0.15) is 0 Å². The van der Waals surface area contributed by atoms with Gasteiger partial charge in [-0.05, 0) is 37.3 Å². The zero-order valence-corrected chi connectivity index (χ0v) is 13.8. The molecular weight excluding hydrogens is 327 g/mol. The molecule has 0 aliphatic heterocycles. The molecule has 110 valence electrons. The normalized spacial score (nSPS) is 17.4. The molecule has 1 N–H and O–H groups in total. The topological polar surface area (TPSA) is 42.0 Å².